The van der Waals surface area contributed by atoms with Crippen LogP contribution in [0.3, 0.4) is 0 Å². The van der Waals surface area contributed by atoms with Crippen molar-refractivity contribution in [1.82, 2.24) is 20.6 Å². The van der Waals surface area contributed by atoms with Gasteiger partial charge in [-0.1, -0.05) is 0 Å². The molecule has 2 aromatic heterocycles. The first-order valence-corrected chi connectivity index (χ1v) is 9.52. The summed E-state index contributed by atoms with van der Waals surface area (Å²) in [5.74, 6) is 1.47. The molecule has 2 heterocycles. The van der Waals surface area contributed by atoms with Gasteiger partial charge in [0.15, 0.2) is 5.96 Å². The fourth-order valence-corrected chi connectivity index (χ4v) is 3.58. The maximum Gasteiger partial charge on any atom is 0.213 e. The number of hydrogen-bond donors (Lipinski definition) is 2. The van der Waals surface area contributed by atoms with Gasteiger partial charge < -0.3 is 15.4 Å². The molecule has 0 unspecified atom stereocenters. The molecule has 0 aliphatic heterocycles. The summed E-state index contributed by atoms with van der Waals surface area (Å²) in [5, 5.41) is 7.65. The summed E-state index contributed by atoms with van der Waals surface area (Å²) in [7, 11) is 1.77. The standard InChI is InChI=1S/C18H25N5OS/c1-13-10-21-17(25-13)12-23-18(19-2)22-11-14-7-8-20-16(9-14)24-15-5-3-4-6-15/h7-10,15H,3-6,11-12H2,1-2H3,(H2,19,22,23). The van der Waals surface area contributed by atoms with Crippen molar-refractivity contribution in [3.63, 3.8) is 0 Å². The second kappa shape index (κ2) is 8.80. The summed E-state index contributed by atoms with van der Waals surface area (Å²) in [6, 6.07) is 3.99. The molecule has 0 spiro atoms. The van der Waals surface area contributed by atoms with Gasteiger partial charge in [-0.15, -0.1) is 11.3 Å². The Kier molecular flexibility index (Phi) is 6.22. The first-order chi connectivity index (χ1) is 12.2. The molecule has 0 aromatic carbocycles. The molecule has 1 fully saturated rings. The largest absolute Gasteiger partial charge is 0.474 e. The SMILES string of the molecule is CN=C(NCc1ccnc(OC2CCCC2)c1)NCc1ncc(C)s1. The highest BCUT2D eigenvalue weighted by Crippen LogP contribution is 2.23. The highest BCUT2D eigenvalue weighted by atomic mass is 32.1. The molecule has 0 saturated heterocycles. The number of guanidine groups is 1. The molecule has 2 aromatic rings. The van der Waals surface area contributed by atoms with E-state index in [4.69, 9.17) is 4.74 Å². The summed E-state index contributed by atoms with van der Waals surface area (Å²) >= 11 is 1.69. The third-order valence-electron chi connectivity index (χ3n) is 4.15. The van der Waals surface area contributed by atoms with E-state index in [1.807, 2.05) is 18.3 Å². The zero-order chi connectivity index (χ0) is 17.5. The predicted octanol–water partition coefficient (Wildman–Crippen LogP) is 3.03. The summed E-state index contributed by atoms with van der Waals surface area (Å²) in [6.45, 7) is 3.40. The van der Waals surface area contributed by atoms with Crippen LogP contribution in [0.4, 0.5) is 0 Å². The lowest BCUT2D eigenvalue weighted by Crippen LogP contribution is -2.36. The molecule has 134 valence electrons. The van der Waals surface area contributed by atoms with Crippen molar-refractivity contribution in [3.8, 4) is 5.88 Å². The normalized spacial score (nSPS) is 15.4. The zero-order valence-electron chi connectivity index (χ0n) is 14.8. The Morgan fingerprint density at radius 3 is 2.80 bits per heavy atom. The Hall–Kier alpha value is -2.15. The van der Waals surface area contributed by atoms with Gasteiger partial charge in [-0.25, -0.2) is 9.97 Å². The van der Waals surface area contributed by atoms with Crippen molar-refractivity contribution in [1.29, 1.82) is 0 Å². The number of hydrogen-bond acceptors (Lipinski definition) is 5. The molecule has 6 nitrogen and oxygen atoms in total. The Bertz CT molecular complexity index is 709. The van der Waals surface area contributed by atoms with Crippen LogP contribution in [0.15, 0.2) is 29.5 Å². The molecule has 0 radical (unpaired) electrons. The fraction of sp³-hybridized carbons (Fsp3) is 0.500. The van der Waals surface area contributed by atoms with Crippen molar-refractivity contribution in [2.75, 3.05) is 7.05 Å². The van der Waals surface area contributed by atoms with Crippen LogP contribution in [0.1, 0.15) is 41.1 Å². The van der Waals surface area contributed by atoms with Crippen molar-refractivity contribution < 1.29 is 4.74 Å². The van der Waals surface area contributed by atoms with E-state index in [9.17, 15) is 0 Å². The maximum atomic E-state index is 5.97. The van der Waals surface area contributed by atoms with E-state index in [1.165, 1.54) is 17.7 Å². The molecule has 1 aliphatic carbocycles. The van der Waals surface area contributed by atoms with Crippen molar-refractivity contribution in [2.24, 2.45) is 4.99 Å². The number of nitrogens with zero attached hydrogens (tertiary/aromatic N) is 3. The van der Waals surface area contributed by atoms with E-state index < -0.39 is 0 Å². The van der Waals surface area contributed by atoms with Crippen LogP contribution in [-0.2, 0) is 13.1 Å². The number of pyridine rings is 1. The lowest BCUT2D eigenvalue weighted by atomic mass is 10.2. The topological polar surface area (TPSA) is 71.4 Å². The monoisotopic (exact) mass is 359 g/mol. The smallest absolute Gasteiger partial charge is 0.213 e. The van der Waals surface area contributed by atoms with Crippen molar-refractivity contribution in [3.05, 3.63) is 40.0 Å². The van der Waals surface area contributed by atoms with Gasteiger partial charge in [-0.3, -0.25) is 4.99 Å². The third kappa shape index (κ3) is 5.42. The first-order valence-electron chi connectivity index (χ1n) is 8.70. The Balaban J connectivity index is 1.49. The van der Waals surface area contributed by atoms with Gasteiger partial charge in [-0.2, -0.15) is 0 Å². The molecule has 1 saturated carbocycles. The quantitative estimate of drug-likeness (QED) is 0.613. The molecule has 7 heteroatoms. The number of aliphatic imine (C=N–C) groups is 1. The van der Waals surface area contributed by atoms with Gasteiger partial charge in [0.25, 0.3) is 0 Å². The highest BCUT2D eigenvalue weighted by molar-refractivity contribution is 7.11. The van der Waals surface area contributed by atoms with E-state index in [1.54, 1.807) is 24.6 Å². The average Bonchev–Trinajstić information content (AvgIpc) is 3.27. The number of nitrogens with one attached hydrogen (secondary N) is 2. The van der Waals surface area contributed by atoms with Crippen LogP contribution in [-0.4, -0.2) is 29.1 Å². The minimum atomic E-state index is 0.326. The molecule has 25 heavy (non-hydrogen) atoms. The summed E-state index contributed by atoms with van der Waals surface area (Å²) in [5.41, 5.74) is 1.12. The van der Waals surface area contributed by atoms with E-state index in [-0.39, 0.29) is 0 Å². The van der Waals surface area contributed by atoms with Crippen LogP contribution in [0.2, 0.25) is 0 Å². The predicted molar refractivity (Wildman–Crippen MR) is 101 cm³/mol. The molecule has 1 aliphatic rings. The minimum Gasteiger partial charge on any atom is -0.474 e. The number of aryl methyl sites for hydroxylation is 1. The summed E-state index contributed by atoms with van der Waals surface area (Å²) in [4.78, 5) is 14.1. The molecular formula is C18H25N5OS. The second-order valence-corrected chi connectivity index (χ2v) is 7.49. The number of thiazole rings is 1. The third-order valence-corrected chi connectivity index (χ3v) is 5.06. The zero-order valence-corrected chi connectivity index (χ0v) is 15.6. The Labute approximate surface area is 152 Å². The number of aromatic nitrogens is 2. The van der Waals surface area contributed by atoms with Gasteiger partial charge in [0.1, 0.15) is 11.1 Å². The minimum absolute atomic E-state index is 0.326. The lowest BCUT2D eigenvalue weighted by molar-refractivity contribution is 0.201. The van der Waals surface area contributed by atoms with Crippen LogP contribution in [0.5, 0.6) is 5.88 Å². The molecule has 0 amide bonds. The van der Waals surface area contributed by atoms with E-state index in [0.717, 1.165) is 29.4 Å². The summed E-state index contributed by atoms with van der Waals surface area (Å²) in [6.07, 6.45) is 8.80. The van der Waals surface area contributed by atoms with E-state index >= 15 is 0 Å². The average molecular weight is 359 g/mol. The second-order valence-electron chi connectivity index (χ2n) is 6.17. The van der Waals surface area contributed by atoms with Crippen LogP contribution in [0, 0.1) is 6.92 Å². The van der Waals surface area contributed by atoms with E-state index in [2.05, 4.69) is 32.5 Å². The van der Waals surface area contributed by atoms with Gasteiger partial charge in [0, 0.05) is 36.9 Å². The van der Waals surface area contributed by atoms with Gasteiger partial charge in [-0.05, 0) is 44.2 Å². The van der Waals surface area contributed by atoms with Crippen LogP contribution in [0.25, 0.3) is 0 Å². The Morgan fingerprint density at radius 2 is 2.08 bits per heavy atom. The van der Waals surface area contributed by atoms with Crippen molar-refractivity contribution >= 4 is 17.3 Å². The highest BCUT2D eigenvalue weighted by Gasteiger charge is 2.17. The van der Waals surface area contributed by atoms with Crippen LogP contribution >= 0.6 is 11.3 Å². The molecule has 3 rings (SSSR count). The molecular weight excluding hydrogens is 334 g/mol. The maximum absolute atomic E-state index is 5.97. The Morgan fingerprint density at radius 1 is 1.28 bits per heavy atom. The van der Waals surface area contributed by atoms with Crippen LogP contribution < -0.4 is 15.4 Å². The molecule has 2 N–H and O–H groups in total. The van der Waals surface area contributed by atoms with Gasteiger partial charge in [0.05, 0.1) is 6.54 Å². The molecule has 0 atom stereocenters. The number of ether oxygens (including phenoxy) is 1. The number of rotatable bonds is 6. The first kappa shape index (κ1) is 17.7. The fourth-order valence-electron chi connectivity index (χ4n) is 2.85. The van der Waals surface area contributed by atoms with Gasteiger partial charge >= 0.3 is 0 Å². The van der Waals surface area contributed by atoms with E-state index in [0.29, 0.717) is 25.1 Å². The summed E-state index contributed by atoms with van der Waals surface area (Å²) < 4.78 is 5.97. The van der Waals surface area contributed by atoms with Gasteiger partial charge in [0.2, 0.25) is 5.88 Å². The lowest BCUT2D eigenvalue weighted by Gasteiger charge is -2.14. The van der Waals surface area contributed by atoms with Crippen molar-refractivity contribution in [2.45, 2.75) is 51.8 Å². The molecule has 0 bridgehead atoms.